The summed E-state index contributed by atoms with van der Waals surface area (Å²) >= 11 is 0. The molecule has 0 aromatic heterocycles. The Morgan fingerprint density at radius 2 is 1.67 bits per heavy atom. The molecule has 110 valence electrons. The first-order chi connectivity index (χ1) is 9.79. The van der Waals surface area contributed by atoms with E-state index in [1.54, 1.807) is 36.2 Å². The van der Waals surface area contributed by atoms with Crippen LogP contribution in [0.3, 0.4) is 0 Å². The molecule has 0 spiro atoms. The van der Waals surface area contributed by atoms with E-state index in [2.05, 4.69) is 32.9 Å². The average molecular weight is 282 g/mol. The fourth-order valence-corrected chi connectivity index (χ4v) is 2.17. The van der Waals surface area contributed by atoms with E-state index < -0.39 is 0 Å². The van der Waals surface area contributed by atoms with Crippen LogP contribution in [0.15, 0.2) is 48.5 Å². The Kier molecular flexibility index (Phi) is 4.03. The van der Waals surface area contributed by atoms with Crippen LogP contribution >= 0.6 is 0 Å². The van der Waals surface area contributed by atoms with Crippen molar-refractivity contribution in [2.45, 2.75) is 26.2 Å². The average Bonchev–Trinajstić information content (AvgIpc) is 2.45. The molecule has 3 nitrogen and oxygen atoms in total. The molecule has 0 unspecified atom stereocenters. The lowest BCUT2D eigenvalue weighted by Crippen LogP contribution is -2.26. The van der Waals surface area contributed by atoms with Gasteiger partial charge in [-0.2, -0.15) is 0 Å². The predicted molar refractivity (Wildman–Crippen MR) is 88.7 cm³/mol. The predicted octanol–water partition coefficient (Wildman–Crippen LogP) is 3.84. The van der Waals surface area contributed by atoms with Gasteiger partial charge in [0, 0.05) is 24.0 Å². The number of amides is 1. The molecular formula is C18H22N2O. The summed E-state index contributed by atoms with van der Waals surface area (Å²) in [6.45, 7) is 6.51. The van der Waals surface area contributed by atoms with Gasteiger partial charge in [0.15, 0.2) is 0 Å². The van der Waals surface area contributed by atoms with Crippen LogP contribution in [0.5, 0.6) is 0 Å². The Morgan fingerprint density at radius 1 is 1.05 bits per heavy atom. The van der Waals surface area contributed by atoms with E-state index in [-0.39, 0.29) is 11.3 Å². The van der Waals surface area contributed by atoms with E-state index in [9.17, 15) is 4.79 Å². The standard InChI is InChI=1S/C18H22N2O/c1-18(2,3)14-8-10-16(11-9-14)20(4)17(21)13-6-5-7-15(19)12-13/h5-12H,19H2,1-4H3. The van der Waals surface area contributed by atoms with Crippen LogP contribution in [0.2, 0.25) is 0 Å². The van der Waals surface area contributed by atoms with Crippen molar-refractivity contribution in [2.24, 2.45) is 0 Å². The highest BCUT2D eigenvalue weighted by Crippen LogP contribution is 2.25. The van der Waals surface area contributed by atoms with Crippen molar-refractivity contribution >= 4 is 17.3 Å². The molecule has 21 heavy (non-hydrogen) atoms. The number of rotatable bonds is 2. The summed E-state index contributed by atoms with van der Waals surface area (Å²) in [6.07, 6.45) is 0. The molecule has 0 aliphatic carbocycles. The van der Waals surface area contributed by atoms with Gasteiger partial charge >= 0.3 is 0 Å². The van der Waals surface area contributed by atoms with Crippen molar-refractivity contribution < 1.29 is 4.79 Å². The van der Waals surface area contributed by atoms with Gasteiger partial charge in [0.1, 0.15) is 0 Å². The third-order valence-electron chi connectivity index (χ3n) is 3.56. The van der Waals surface area contributed by atoms with Crippen molar-refractivity contribution in [3.8, 4) is 0 Å². The number of hydrogen-bond donors (Lipinski definition) is 1. The van der Waals surface area contributed by atoms with E-state index in [4.69, 9.17) is 5.73 Å². The van der Waals surface area contributed by atoms with E-state index >= 15 is 0 Å². The largest absolute Gasteiger partial charge is 0.399 e. The summed E-state index contributed by atoms with van der Waals surface area (Å²) < 4.78 is 0. The molecule has 3 heteroatoms. The molecule has 0 aliphatic heterocycles. The lowest BCUT2D eigenvalue weighted by molar-refractivity contribution is 0.0993. The van der Waals surface area contributed by atoms with E-state index in [0.717, 1.165) is 5.69 Å². The molecule has 0 saturated carbocycles. The molecule has 0 fully saturated rings. The molecule has 0 saturated heterocycles. The Labute approximate surface area is 126 Å². The zero-order valence-electron chi connectivity index (χ0n) is 13.1. The van der Waals surface area contributed by atoms with Crippen LogP contribution in [0.1, 0.15) is 36.7 Å². The van der Waals surface area contributed by atoms with Crippen LogP contribution in [0.25, 0.3) is 0 Å². The normalized spacial score (nSPS) is 11.2. The van der Waals surface area contributed by atoms with E-state index in [1.165, 1.54) is 5.56 Å². The van der Waals surface area contributed by atoms with E-state index in [1.807, 2.05) is 12.1 Å². The summed E-state index contributed by atoms with van der Waals surface area (Å²) in [5, 5.41) is 0. The van der Waals surface area contributed by atoms with Gasteiger partial charge in [-0.15, -0.1) is 0 Å². The van der Waals surface area contributed by atoms with Gasteiger partial charge in [0.2, 0.25) is 0 Å². The van der Waals surface area contributed by atoms with Gasteiger partial charge in [-0.1, -0.05) is 39.0 Å². The molecule has 2 aromatic carbocycles. The number of anilines is 2. The minimum atomic E-state index is -0.0641. The monoisotopic (exact) mass is 282 g/mol. The summed E-state index contributed by atoms with van der Waals surface area (Å²) in [5.41, 5.74) is 9.15. The highest BCUT2D eigenvalue weighted by molar-refractivity contribution is 6.06. The second-order valence-electron chi connectivity index (χ2n) is 6.29. The minimum absolute atomic E-state index is 0.0641. The zero-order valence-corrected chi connectivity index (χ0v) is 13.1. The highest BCUT2D eigenvalue weighted by atomic mass is 16.2. The number of carbonyl (C=O) groups excluding carboxylic acids is 1. The molecule has 0 aliphatic rings. The highest BCUT2D eigenvalue weighted by Gasteiger charge is 2.16. The fraction of sp³-hybridized carbons (Fsp3) is 0.278. The van der Waals surface area contributed by atoms with Crippen LogP contribution in [-0.2, 0) is 5.41 Å². The summed E-state index contributed by atoms with van der Waals surface area (Å²) in [7, 11) is 1.78. The second kappa shape index (κ2) is 5.60. The second-order valence-corrected chi connectivity index (χ2v) is 6.29. The van der Waals surface area contributed by atoms with Gasteiger partial charge < -0.3 is 10.6 Å². The Bertz CT molecular complexity index is 639. The Hall–Kier alpha value is -2.29. The first-order valence-corrected chi connectivity index (χ1v) is 7.03. The molecule has 1 amide bonds. The van der Waals surface area contributed by atoms with E-state index in [0.29, 0.717) is 11.3 Å². The first kappa shape index (κ1) is 15.1. The number of carbonyl (C=O) groups is 1. The fourth-order valence-electron chi connectivity index (χ4n) is 2.17. The lowest BCUT2D eigenvalue weighted by atomic mass is 9.87. The maximum absolute atomic E-state index is 12.4. The third kappa shape index (κ3) is 3.43. The molecule has 2 N–H and O–H groups in total. The van der Waals surface area contributed by atoms with Crippen LogP contribution in [0.4, 0.5) is 11.4 Å². The maximum Gasteiger partial charge on any atom is 0.258 e. The minimum Gasteiger partial charge on any atom is -0.399 e. The molecule has 0 atom stereocenters. The van der Waals surface area contributed by atoms with Crippen LogP contribution < -0.4 is 10.6 Å². The number of benzene rings is 2. The quantitative estimate of drug-likeness (QED) is 0.851. The molecule has 0 radical (unpaired) electrons. The Balaban J connectivity index is 2.24. The zero-order chi connectivity index (χ0) is 15.6. The van der Waals surface area contributed by atoms with Crippen molar-refractivity contribution in [1.29, 1.82) is 0 Å². The number of hydrogen-bond acceptors (Lipinski definition) is 2. The van der Waals surface area contributed by atoms with Gasteiger partial charge in [0.25, 0.3) is 5.91 Å². The van der Waals surface area contributed by atoms with Crippen molar-refractivity contribution in [1.82, 2.24) is 0 Å². The van der Waals surface area contributed by atoms with Crippen molar-refractivity contribution in [3.63, 3.8) is 0 Å². The first-order valence-electron chi connectivity index (χ1n) is 7.03. The summed E-state index contributed by atoms with van der Waals surface area (Å²) in [5.74, 6) is -0.0641. The van der Waals surface area contributed by atoms with Gasteiger partial charge in [-0.25, -0.2) is 0 Å². The van der Waals surface area contributed by atoms with Gasteiger partial charge in [-0.3, -0.25) is 4.79 Å². The maximum atomic E-state index is 12.4. The molecule has 2 rings (SSSR count). The number of nitrogens with zero attached hydrogens (tertiary/aromatic N) is 1. The molecule has 0 heterocycles. The third-order valence-corrected chi connectivity index (χ3v) is 3.56. The lowest BCUT2D eigenvalue weighted by Gasteiger charge is -2.22. The van der Waals surface area contributed by atoms with Crippen molar-refractivity contribution in [2.75, 3.05) is 17.7 Å². The smallest absolute Gasteiger partial charge is 0.258 e. The molecule has 2 aromatic rings. The number of nitrogen functional groups attached to an aromatic ring is 1. The van der Waals surface area contributed by atoms with Crippen LogP contribution in [-0.4, -0.2) is 13.0 Å². The molecular weight excluding hydrogens is 260 g/mol. The molecule has 0 bridgehead atoms. The van der Waals surface area contributed by atoms with Crippen molar-refractivity contribution in [3.05, 3.63) is 59.7 Å². The van der Waals surface area contributed by atoms with Gasteiger partial charge in [0.05, 0.1) is 0 Å². The Morgan fingerprint density at radius 3 is 2.19 bits per heavy atom. The van der Waals surface area contributed by atoms with Gasteiger partial charge in [-0.05, 0) is 41.3 Å². The SMILES string of the molecule is CN(C(=O)c1cccc(N)c1)c1ccc(C(C)(C)C)cc1. The summed E-state index contributed by atoms with van der Waals surface area (Å²) in [6, 6.07) is 15.1. The number of nitrogens with two attached hydrogens (primary N) is 1. The topological polar surface area (TPSA) is 46.3 Å². The van der Waals surface area contributed by atoms with Crippen LogP contribution in [0, 0.1) is 0 Å². The summed E-state index contributed by atoms with van der Waals surface area (Å²) in [4.78, 5) is 14.1.